The van der Waals surface area contributed by atoms with Gasteiger partial charge in [0.1, 0.15) is 6.04 Å². The predicted molar refractivity (Wildman–Crippen MR) is 87.0 cm³/mol. The molecule has 7 nitrogen and oxygen atoms in total. The van der Waals surface area contributed by atoms with Gasteiger partial charge in [0.15, 0.2) is 0 Å². The minimum absolute atomic E-state index is 0.0109. The molecule has 3 rings (SSSR count). The summed E-state index contributed by atoms with van der Waals surface area (Å²) >= 11 is 0. The van der Waals surface area contributed by atoms with E-state index in [-0.39, 0.29) is 30.5 Å². The monoisotopic (exact) mass is 334 g/mol. The number of morpholine rings is 1. The van der Waals surface area contributed by atoms with Crippen LogP contribution >= 0.6 is 0 Å². The molecule has 2 heterocycles. The van der Waals surface area contributed by atoms with Crippen molar-refractivity contribution < 1.29 is 14.3 Å². The van der Waals surface area contributed by atoms with Gasteiger partial charge in [-0.05, 0) is 25.7 Å². The zero-order valence-corrected chi connectivity index (χ0v) is 14.1. The van der Waals surface area contributed by atoms with Gasteiger partial charge in [0.2, 0.25) is 5.91 Å². The fourth-order valence-electron chi connectivity index (χ4n) is 3.91. The van der Waals surface area contributed by atoms with Crippen molar-refractivity contribution in [2.24, 2.45) is 5.92 Å². The number of carbonyl (C=O) groups excluding carboxylic acids is 2. The van der Waals surface area contributed by atoms with E-state index in [0.717, 1.165) is 25.7 Å². The van der Waals surface area contributed by atoms with Crippen LogP contribution in [0.3, 0.4) is 0 Å². The molecule has 132 valence electrons. The molecule has 1 saturated carbocycles. The summed E-state index contributed by atoms with van der Waals surface area (Å²) in [7, 11) is 0. The number of piperidine rings is 1. The lowest BCUT2D eigenvalue weighted by atomic mass is 9.96. The second-order valence-corrected chi connectivity index (χ2v) is 6.97. The molecule has 1 N–H and O–H groups in total. The van der Waals surface area contributed by atoms with Crippen LogP contribution in [0.2, 0.25) is 0 Å². The number of hydrogen-bond donors (Lipinski definition) is 1. The maximum absolute atomic E-state index is 12.8. The van der Waals surface area contributed by atoms with E-state index in [1.54, 1.807) is 9.80 Å². The first-order chi connectivity index (χ1) is 11.7. The predicted octanol–water partition coefficient (Wildman–Crippen LogP) is 1.10. The summed E-state index contributed by atoms with van der Waals surface area (Å²) in [6.45, 7) is 2.37. The highest BCUT2D eigenvalue weighted by Crippen LogP contribution is 2.22. The van der Waals surface area contributed by atoms with E-state index in [9.17, 15) is 14.9 Å². The zero-order valence-electron chi connectivity index (χ0n) is 14.1. The molecule has 0 aromatic carbocycles. The molecule has 0 aromatic heterocycles. The van der Waals surface area contributed by atoms with Crippen LogP contribution in [0.15, 0.2) is 0 Å². The lowest BCUT2D eigenvalue weighted by molar-refractivity contribution is -0.143. The minimum atomic E-state index is -0.506. The normalized spacial score (nSPS) is 28.5. The second kappa shape index (κ2) is 7.84. The molecule has 0 spiro atoms. The Hall–Kier alpha value is -1.81. The fraction of sp³-hybridized carbons (Fsp3) is 0.824. The number of carbonyl (C=O) groups is 2. The van der Waals surface area contributed by atoms with Crippen LogP contribution in [0.25, 0.3) is 0 Å². The average molecular weight is 334 g/mol. The Bertz CT molecular complexity index is 512. The van der Waals surface area contributed by atoms with Gasteiger partial charge in [-0.15, -0.1) is 0 Å². The molecule has 0 aromatic rings. The Kier molecular flexibility index (Phi) is 5.56. The van der Waals surface area contributed by atoms with Crippen molar-refractivity contribution in [2.45, 2.75) is 50.6 Å². The van der Waals surface area contributed by atoms with Crippen LogP contribution in [-0.4, -0.2) is 66.7 Å². The Morgan fingerprint density at radius 3 is 2.67 bits per heavy atom. The third-order valence-electron chi connectivity index (χ3n) is 5.30. The van der Waals surface area contributed by atoms with Gasteiger partial charge in [0.25, 0.3) is 0 Å². The molecule has 3 fully saturated rings. The van der Waals surface area contributed by atoms with Crippen molar-refractivity contribution in [3.8, 4) is 6.07 Å². The van der Waals surface area contributed by atoms with Crippen LogP contribution in [0, 0.1) is 17.2 Å². The molecule has 2 saturated heterocycles. The molecule has 3 aliphatic rings. The van der Waals surface area contributed by atoms with Crippen LogP contribution in [0.1, 0.15) is 38.5 Å². The Labute approximate surface area is 142 Å². The van der Waals surface area contributed by atoms with Gasteiger partial charge in [0, 0.05) is 25.7 Å². The number of hydrogen-bond acceptors (Lipinski definition) is 4. The summed E-state index contributed by atoms with van der Waals surface area (Å²) < 4.78 is 5.28. The first-order valence-electron chi connectivity index (χ1n) is 9.02. The van der Waals surface area contributed by atoms with E-state index in [1.165, 1.54) is 12.8 Å². The lowest BCUT2D eigenvalue weighted by Gasteiger charge is -2.38. The average Bonchev–Trinajstić information content (AvgIpc) is 3.14. The highest BCUT2D eigenvalue weighted by molar-refractivity contribution is 5.81. The third-order valence-corrected chi connectivity index (χ3v) is 5.30. The number of nitrogens with zero attached hydrogens (tertiary/aromatic N) is 3. The summed E-state index contributed by atoms with van der Waals surface area (Å²) in [5.74, 6) is -0.217. The van der Waals surface area contributed by atoms with Gasteiger partial charge >= 0.3 is 6.03 Å². The highest BCUT2D eigenvalue weighted by Gasteiger charge is 2.35. The van der Waals surface area contributed by atoms with Gasteiger partial charge in [-0.1, -0.05) is 12.8 Å². The number of rotatable bonds is 2. The van der Waals surface area contributed by atoms with Crippen molar-refractivity contribution in [3.63, 3.8) is 0 Å². The van der Waals surface area contributed by atoms with E-state index in [2.05, 4.69) is 11.4 Å². The van der Waals surface area contributed by atoms with Gasteiger partial charge in [-0.2, -0.15) is 5.26 Å². The summed E-state index contributed by atoms with van der Waals surface area (Å²) in [5.41, 5.74) is 0. The molecular weight excluding hydrogens is 308 g/mol. The molecule has 1 aliphatic carbocycles. The maximum Gasteiger partial charge on any atom is 0.317 e. The Balaban J connectivity index is 1.57. The smallest absolute Gasteiger partial charge is 0.317 e. The Morgan fingerprint density at radius 2 is 1.92 bits per heavy atom. The number of likely N-dealkylation sites (tertiary alicyclic amines) is 1. The summed E-state index contributed by atoms with van der Waals surface area (Å²) in [5, 5.41) is 12.3. The standard InChI is InChI=1S/C17H26N4O3/c18-10-15-12-24-9-8-21(15)16(22)13-4-3-7-20(11-13)17(23)19-14-5-1-2-6-14/h13-15H,1-9,11-12H2,(H,19,23). The number of ether oxygens (including phenoxy) is 1. The van der Waals surface area contributed by atoms with E-state index in [4.69, 9.17) is 4.74 Å². The van der Waals surface area contributed by atoms with Crippen molar-refractivity contribution in [1.82, 2.24) is 15.1 Å². The van der Waals surface area contributed by atoms with E-state index >= 15 is 0 Å². The molecule has 0 radical (unpaired) electrons. The van der Waals surface area contributed by atoms with Crippen LogP contribution in [0.5, 0.6) is 0 Å². The van der Waals surface area contributed by atoms with Crippen molar-refractivity contribution in [1.29, 1.82) is 5.26 Å². The highest BCUT2D eigenvalue weighted by atomic mass is 16.5. The molecule has 2 aliphatic heterocycles. The molecule has 7 heteroatoms. The zero-order chi connectivity index (χ0) is 16.9. The summed E-state index contributed by atoms with van der Waals surface area (Å²) in [6.07, 6.45) is 6.08. The molecule has 2 atom stereocenters. The maximum atomic E-state index is 12.8. The van der Waals surface area contributed by atoms with Crippen LogP contribution in [0.4, 0.5) is 4.79 Å². The topological polar surface area (TPSA) is 85.7 Å². The fourth-order valence-corrected chi connectivity index (χ4v) is 3.91. The first kappa shape index (κ1) is 17.0. The van der Waals surface area contributed by atoms with Crippen LogP contribution < -0.4 is 5.32 Å². The molecule has 24 heavy (non-hydrogen) atoms. The van der Waals surface area contributed by atoms with Crippen molar-refractivity contribution in [2.75, 3.05) is 32.8 Å². The number of nitriles is 1. The number of nitrogens with one attached hydrogen (secondary N) is 1. The van der Waals surface area contributed by atoms with Gasteiger partial charge in [0.05, 0.1) is 25.2 Å². The lowest BCUT2D eigenvalue weighted by Crippen LogP contribution is -2.54. The van der Waals surface area contributed by atoms with Gasteiger partial charge in [-0.3, -0.25) is 4.79 Å². The molecule has 2 unspecified atom stereocenters. The molecular formula is C17H26N4O3. The molecule has 0 bridgehead atoms. The third kappa shape index (κ3) is 3.81. The number of urea groups is 1. The first-order valence-corrected chi connectivity index (χ1v) is 9.02. The minimum Gasteiger partial charge on any atom is -0.376 e. The van der Waals surface area contributed by atoms with E-state index in [1.807, 2.05) is 0 Å². The van der Waals surface area contributed by atoms with E-state index < -0.39 is 6.04 Å². The van der Waals surface area contributed by atoms with E-state index in [0.29, 0.717) is 26.2 Å². The molecule has 3 amide bonds. The SMILES string of the molecule is N#CC1COCCN1C(=O)C1CCCN(C(=O)NC2CCCC2)C1. The van der Waals surface area contributed by atoms with Crippen molar-refractivity contribution >= 4 is 11.9 Å². The summed E-state index contributed by atoms with van der Waals surface area (Å²) in [6, 6.07) is 1.88. The summed E-state index contributed by atoms with van der Waals surface area (Å²) in [4.78, 5) is 28.6. The second-order valence-electron chi connectivity index (χ2n) is 6.97. The Morgan fingerprint density at radius 1 is 1.12 bits per heavy atom. The van der Waals surface area contributed by atoms with Crippen molar-refractivity contribution in [3.05, 3.63) is 0 Å². The number of amides is 3. The van der Waals surface area contributed by atoms with Gasteiger partial charge < -0.3 is 19.9 Å². The quantitative estimate of drug-likeness (QED) is 0.819. The largest absolute Gasteiger partial charge is 0.376 e. The van der Waals surface area contributed by atoms with Crippen LogP contribution in [-0.2, 0) is 9.53 Å². The van der Waals surface area contributed by atoms with Gasteiger partial charge in [-0.25, -0.2) is 4.79 Å².